The zero-order valence-electron chi connectivity index (χ0n) is 12.5. The molecule has 114 valence electrons. The van der Waals surface area contributed by atoms with Gasteiger partial charge >= 0.3 is 0 Å². The molecule has 0 aliphatic carbocycles. The smallest absolute Gasteiger partial charge is 0.263 e. The highest BCUT2D eigenvalue weighted by molar-refractivity contribution is 7.11. The Kier molecular flexibility index (Phi) is 3.94. The summed E-state index contributed by atoms with van der Waals surface area (Å²) < 4.78 is 0. The first-order chi connectivity index (χ1) is 10.6. The number of nitrogens with zero attached hydrogens (tertiary/aromatic N) is 2. The van der Waals surface area contributed by atoms with Gasteiger partial charge in [-0.3, -0.25) is 9.59 Å². The Morgan fingerprint density at radius 1 is 1.32 bits per heavy atom. The van der Waals surface area contributed by atoms with Crippen molar-refractivity contribution in [3.05, 3.63) is 45.9 Å². The average molecular weight is 315 g/mol. The van der Waals surface area contributed by atoms with E-state index in [1.165, 1.54) is 11.3 Å². The van der Waals surface area contributed by atoms with E-state index in [0.717, 1.165) is 11.3 Å². The van der Waals surface area contributed by atoms with Gasteiger partial charge in [-0.2, -0.15) is 0 Å². The van der Waals surface area contributed by atoms with Crippen molar-refractivity contribution in [3.63, 3.8) is 0 Å². The van der Waals surface area contributed by atoms with Crippen LogP contribution in [0.5, 0.6) is 0 Å². The van der Waals surface area contributed by atoms with Crippen LogP contribution in [-0.4, -0.2) is 29.4 Å². The van der Waals surface area contributed by atoms with Crippen molar-refractivity contribution in [1.29, 1.82) is 0 Å². The lowest BCUT2D eigenvalue weighted by atomic mass is 10.2. The Bertz CT molecular complexity index is 708. The highest BCUT2D eigenvalue weighted by atomic mass is 32.1. The zero-order chi connectivity index (χ0) is 15.7. The number of aryl methyl sites for hydroxylation is 2. The average Bonchev–Trinajstić information content (AvgIpc) is 3.07. The van der Waals surface area contributed by atoms with Gasteiger partial charge in [0.2, 0.25) is 5.91 Å². The van der Waals surface area contributed by atoms with Crippen molar-refractivity contribution in [2.45, 2.75) is 26.3 Å². The van der Waals surface area contributed by atoms with E-state index in [1.807, 2.05) is 31.2 Å². The Balaban J connectivity index is 1.70. The highest BCUT2D eigenvalue weighted by Crippen LogP contribution is 2.22. The number of nitrogens with one attached hydrogen (secondary N) is 1. The van der Waals surface area contributed by atoms with Gasteiger partial charge in [0, 0.05) is 12.2 Å². The summed E-state index contributed by atoms with van der Waals surface area (Å²) in [5.41, 5.74) is 4.37. The first-order valence-corrected chi connectivity index (χ1v) is 8.03. The molecule has 1 aromatic heterocycles. The van der Waals surface area contributed by atoms with Gasteiger partial charge in [0.05, 0.1) is 11.2 Å². The van der Waals surface area contributed by atoms with Gasteiger partial charge < -0.3 is 10.2 Å². The molecule has 0 unspecified atom stereocenters. The second-order valence-electron chi connectivity index (χ2n) is 5.41. The van der Waals surface area contributed by atoms with Crippen molar-refractivity contribution < 1.29 is 9.59 Å². The van der Waals surface area contributed by atoms with Crippen LogP contribution in [-0.2, 0) is 4.79 Å². The molecule has 1 aliphatic rings. The highest BCUT2D eigenvalue weighted by Gasteiger charge is 2.34. The van der Waals surface area contributed by atoms with E-state index < -0.39 is 6.04 Å². The Morgan fingerprint density at radius 3 is 2.68 bits per heavy atom. The van der Waals surface area contributed by atoms with Crippen LogP contribution in [0.25, 0.3) is 0 Å². The van der Waals surface area contributed by atoms with Crippen molar-refractivity contribution in [3.8, 4) is 0 Å². The minimum atomic E-state index is -0.463. The van der Waals surface area contributed by atoms with Crippen molar-refractivity contribution in [2.24, 2.45) is 0 Å². The lowest BCUT2D eigenvalue weighted by Gasteiger charge is -2.17. The first kappa shape index (κ1) is 14.7. The lowest BCUT2D eigenvalue weighted by molar-refractivity contribution is -0.118. The number of carbonyl (C=O) groups excluding carboxylic acids is 2. The molecule has 0 spiro atoms. The number of carbonyl (C=O) groups is 2. The zero-order valence-corrected chi connectivity index (χ0v) is 13.3. The van der Waals surface area contributed by atoms with Crippen LogP contribution in [0.1, 0.15) is 27.3 Å². The van der Waals surface area contributed by atoms with Crippen molar-refractivity contribution in [1.82, 2.24) is 10.3 Å². The van der Waals surface area contributed by atoms with Gasteiger partial charge in [0.1, 0.15) is 10.9 Å². The number of hydrogen-bond donors (Lipinski definition) is 1. The molecule has 1 aliphatic heterocycles. The number of anilines is 1. The first-order valence-electron chi connectivity index (χ1n) is 7.15. The fourth-order valence-corrected chi connectivity index (χ4v) is 3.24. The van der Waals surface area contributed by atoms with Crippen LogP contribution in [0.2, 0.25) is 0 Å². The van der Waals surface area contributed by atoms with Crippen LogP contribution in [0.15, 0.2) is 29.8 Å². The quantitative estimate of drug-likeness (QED) is 0.945. The minimum absolute atomic E-state index is 0.0561. The third-order valence-corrected chi connectivity index (χ3v) is 4.74. The summed E-state index contributed by atoms with van der Waals surface area (Å²) in [7, 11) is 0. The molecule has 22 heavy (non-hydrogen) atoms. The van der Waals surface area contributed by atoms with Gasteiger partial charge in [0.15, 0.2) is 0 Å². The van der Waals surface area contributed by atoms with Gasteiger partial charge in [-0.05, 0) is 32.4 Å². The molecule has 2 heterocycles. The Hall–Kier alpha value is -2.21. The molecule has 1 N–H and O–H groups in total. The van der Waals surface area contributed by atoms with Crippen LogP contribution < -0.4 is 10.2 Å². The van der Waals surface area contributed by atoms with E-state index in [2.05, 4.69) is 10.3 Å². The molecule has 0 bridgehead atoms. The van der Waals surface area contributed by atoms with Crippen molar-refractivity contribution in [2.75, 3.05) is 11.4 Å². The predicted octanol–water partition coefficient (Wildman–Crippen LogP) is 2.30. The van der Waals surface area contributed by atoms with Crippen LogP contribution >= 0.6 is 11.3 Å². The molecular formula is C16H17N3O2S. The summed E-state index contributed by atoms with van der Waals surface area (Å²) in [5, 5.41) is 2.82. The predicted molar refractivity (Wildman–Crippen MR) is 86.3 cm³/mol. The number of hydrogen-bond acceptors (Lipinski definition) is 4. The summed E-state index contributed by atoms with van der Waals surface area (Å²) in [6.07, 6.45) is 0.621. The number of thiazole rings is 1. The van der Waals surface area contributed by atoms with E-state index in [9.17, 15) is 9.59 Å². The van der Waals surface area contributed by atoms with Crippen LogP contribution in [0.3, 0.4) is 0 Å². The van der Waals surface area contributed by atoms with Gasteiger partial charge in [0.25, 0.3) is 5.91 Å². The summed E-state index contributed by atoms with van der Waals surface area (Å²) in [6, 6.07) is 7.37. The van der Waals surface area contributed by atoms with Gasteiger partial charge in [-0.25, -0.2) is 4.98 Å². The van der Waals surface area contributed by atoms with Crippen LogP contribution in [0.4, 0.5) is 5.69 Å². The van der Waals surface area contributed by atoms with Gasteiger partial charge in [-0.15, -0.1) is 11.3 Å². The van der Waals surface area contributed by atoms with Crippen molar-refractivity contribution >= 4 is 28.8 Å². The maximum atomic E-state index is 12.5. The van der Waals surface area contributed by atoms with Crippen LogP contribution in [0, 0.1) is 13.8 Å². The van der Waals surface area contributed by atoms with E-state index in [1.54, 1.807) is 17.3 Å². The number of amides is 2. The maximum absolute atomic E-state index is 12.5. The molecule has 2 amide bonds. The third kappa shape index (κ3) is 2.74. The SMILES string of the molecule is Cc1ccc(N2CC[C@@H](NC(=O)c3scnc3C)C2=O)cc1. The summed E-state index contributed by atoms with van der Waals surface area (Å²) >= 11 is 1.29. The van der Waals surface area contributed by atoms with E-state index in [0.29, 0.717) is 23.5 Å². The molecule has 1 aromatic carbocycles. The molecule has 6 heteroatoms. The molecule has 0 radical (unpaired) electrons. The molecule has 1 fully saturated rings. The maximum Gasteiger partial charge on any atom is 0.263 e. The number of aromatic nitrogens is 1. The third-order valence-electron chi connectivity index (χ3n) is 3.81. The Labute approximate surface area is 133 Å². The standard InChI is InChI=1S/C16H17N3O2S/c1-10-3-5-12(6-4-10)19-8-7-13(16(19)21)18-15(20)14-11(2)17-9-22-14/h3-6,9,13H,7-8H2,1-2H3,(H,18,20)/t13-/m1/s1. The second kappa shape index (κ2) is 5.88. The number of rotatable bonds is 3. The molecule has 1 atom stereocenters. The second-order valence-corrected chi connectivity index (χ2v) is 6.26. The summed E-state index contributed by atoms with van der Waals surface area (Å²) in [4.78, 5) is 31.0. The largest absolute Gasteiger partial charge is 0.339 e. The molecule has 2 aromatic rings. The molecule has 0 saturated carbocycles. The number of benzene rings is 1. The molecule has 5 nitrogen and oxygen atoms in total. The Morgan fingerprint density at radius 2 is 2.05 bits per heavy atom. The van der Waals surface area contributed by atoms with Gasteiger partial charge in [-0.1, -0.05) is 17.7 Å². The van der Waals surface area contributed by atoms with E-state index in [4.69, 9.17) is 0 Å². The minimum Gasteiger partial charge on any atom is -0.339 e. The summed E-state index contributed by atoms with van der Waals surface area (Å²) in [6.45, 7) is 4.42. The fraction of sp³-hybridized carbons (Fsp3) is 0.312. The fourth-order valence-electron chi connectivity index (χ4n) is 2.54. The summed E-state index contributed by atoms with van der Waals surface area (Å²) in [5.74, 6) is -0.275. The van der Waals surface area contributed by atoms with E-state index >= 15 is 0 Å². The molecular weight excluding hydrogens is 298 g/mol. The van der Waals surface area contributed by atoms with E-state index in [-0.39, 0.29) is 11.8 Å². The lowest BCUT2D eigenvalue weighted by Crippen LogP contribution is -2.41. The monoisotopic (exact) mass is 315 g/mol. The molecule has 3 rings (SSSR count). The molecule has 1 saturated heterocycles. The normalized spacial score (nSPS) is 17.8. The topological polar surface area (TPSA) is 62.3 Å².